The van der Waals surface area contributed by atoms with Gasteiger partial charge in [-0.1, -0.05) is 19.0 Å². The van der Waals surface area contributed by atoms with Crippen LogP contribution in [-0.2, 0) is 20.7 Å². The summed E-state index contributed by atoms with van der Waals surface area (Å²) in [6, 6.07) is 3.97. The lowest BCUT2D eigenvalue weighted by Gasteiger charge is -2.43. The summed E-state index contributed by atoms with van der Waals surface area (Å²) in [6.07, 6.45) is 1.88. The topological polar surface area (TPSA) is 188 Å². The Labute approximate surface area is 236 Å². The van der Waals surface area contributed by atoms with Crippen molar-refractivity contribution in [2.75, 3.05) is 13.2 Å². The molecule has 3 atom stereocenters. The van der Waals surface area contributed by atoms with Gasteiger partial charge in [0.15, 0.2) is 11.5 Å². The van der Waals surface area contributed by atoms with E-state index in [2.05, 4.69) is 10.5 Å². The molecule has 2 heterocycles. The van der Waals surface area contributed by atoms with E-state index >= 15 is 0 Å². The van der Waals surface area contributed by atoms with Crippen molar-refractivity contribution in [3.63, 3.8) is 0 Å². The van der Waals surface area contributed by atoms with Gasteiger partial charge in [0, 0.05) is 47.9 Å². The number of allylic oxidation sites excluding steroid dienone is 2. The highest BCUT2D eigenvalue weighted by Gasteiger charge is 2.50. The first kappa shape index (κ1) is 27.1. The number of Topliss-reactive ketones (excluding diaryl/α,β-unsaturated/α-hetero) is 1. The lowest BCUT2D eigenvalue weighted by Crippen LogP contribution is -2.55. The van der Waals surface area contributed by atoms with Crippen molar-refractivity contribution in [1.29, 1.82) is 0 Å². The van der Waals surface area contributed by atoms with Gasteiger partial charge < -0.3 is 40.7 Å². The van der Waals surface area contributed by atoms with Gasteiger partial charge in [-0.3, -0.25) is 9.59 Å². The summed E-state index contributed by atoms with van der Waals surface area (Å²) >= 11 is 0. The molecule has 1 fully saturated rings. The maximum atomic E-state index is 13.5. The molecule has 0 unspecified atom stereocenters. The van der Waals surface area contributed by atoms with Crippen molar-refractivity contribution in [3.8, 4) is 17.1 Å². The number of benzene rings is 1. The Bertz CT molecular complexity index is 1540. The predicted octanol–water partition coefficient (Wildman–Crippen LogP) is 3.46. The Morgan fingerprint density at radius 1 is 1.07 bits per heavy atom. The van der Waals surface area contributed by atoms with Crippen LogP contribution in [0.3, 0.4) is 0 Å². The molecule has 11 nitrogen and oxygen atoms in total. The molecule has 7 N–H and O–H groups in total. The fourth-order valence-corrected chi connectivity index (χ4v) is 6.69. The second kappa shape index (κ2) is 10.1. The van der Waals surface area contributed by atoms with Crippen LogP contribution in [0.4, 0.5) is 0 Å². The standard InChI is InChI=1S/C30H33N3O8/c1-12(2)18-11-20(41-33-18)15-3-4-19(34)22-16(15)9-13-10-17-23(27(36)21(13)26(22)35)28(37)24(30(31)39)29(38)25(17)32-14-5-7-40-8-6-14/h3-4,11-14,17,25,32,34-37H,5-10H2,1-2H3,(H2,31,39)/t13-,17+,25+/m0/s1. The van der Waals surface area contributed by atoms with Gasteiger partial charge in [0.05, 0.1) is 17.3 Å². The van der Waals surface area contributed by atoms with Crippen LogP contribution in [-0.4, -0.2) is 62.6 Å². The number of ketones is 1. The molecular formula is C30H33N3O8. The van der Waals surface area contributed by atoms with Crippen LogP contribution in [0.25, 0.3) is 17.1 Å². The summed E-state index contributed by atoms with van der Waals surface area (Å²) in [7, 11) is 0. The van der Waals surface area contributed by atoms with Gasteiger partial charge >= 0.3 is 0 Å². The highest BCUT2D eigenvalue weighted by molar-refractivity contribution is 6.22. The number of nitrogens with zero attached hydrogens (tertiary/aromatic N) is 1. The van der Waals surface area contributed by atoms with E-state index in [-0.39, 0.29) is 46.6 Å². The summed E-state index contributed by atoms with van der Waals surface area (Å²) in [5.74, 6) is -3.93. The molecule has 2 aromatic rings. The number of aromatic hydroxyl groups is 1. The first-order valence-corrected chi connectivity index (χ1v) is 13.9. The minimum absolute atomic E-state index is 0.0170. The normalized spacial score (nSPS) is 25.0. The lowest BCUT2D eigenvalue weighted by molar-refractivity contribution is -0.124. The van der Waals surface area contributed by atoms with Gasteiger partial charge in [-0.25, -0.2) is 0 Å². The molecule has 0 radical (unpaired) electrons. The minimum Gasteiger partial charge on any atom is -0.507 e. The van der Waals surface area contributed by atoms with Crippen molar-refractivity contribution in [1.82, 2.24) is 10.5 Å². The SMILES string of the molecule is CC(C)c1cc(-c2ccc(O)c3c2C[C@H]2C[C@@H]4C(=C(O)C2=C3O)C(O)=C(C(N)=O)C(=O)[C@@H]4NC2CCOCC2)on1. The third-order valence-electron chi connectivity index (χ3n) is 8.75. The van der Waals surface area contributed by atoms with Gasteiger partial charge in [-0.15, -0.1) is 0 Å². The summed E-state index contributed by atoms with van der Waals surface area (Å²) in [5, 5.41) is 52.4. The van der Waals surface area contributed by atoms with Crippen molar-refractivity contribution < 1.29 is 39.3 Å². The Morgan fingerprint density at radius 2 is 1.80 bits per heavy atom. The first-order chi connectivity index (χ1) is 19.6. The molecule has 0 saturated carbocycles. The molecule has 1 aromatic carbocycles. The number of carbonyl (C=O) groups excluding carboxylic acids is 2. The largest absolute Gasteiger partial charge is 0.507 e. The molecule has 1 aliphatic heterocycles. The quantitative estimate of drug-likeness (QED) is 0.294. The monoisotopic (exact) mass is 563 g/mol. The zero-order valence-electron chi connectivity index (χ0n) is 22.8. The average molecular weight is 564 g/mol. The fraction of sp³-hybridized carbons (Fsp3) is 0.433. The van der Waals surface area contributed by atoms with E-state index in [1.165, 1.54) is 6.07 Å². The molecule has 1 amide bonds. The third kappa shape index (κ3) is 4.31. The first-order valence-electron chi connectivity index (χ1n) is 13.9. The molecule has 3 aliphatic carbocycles. The Morgan fingerprint density at radius 3 is 2.46 bits per heavy atom. The van der Waals surface area contributed by atoms with Crippen LogP contribution in [0.5, 0.6) is 5.75 Å². The van der Waals surface area contributed by atoms with Gasteiger partial charge in [0.2, 0.25) is 0 Å². The molecule has 216 valence electrons. The zero-order valence-corrected chi connectivity index (χ0v) is 22.8. The van der Waals surface area contributed by atoms with Crippen LogP contribution in [0.2, 0.25) is 0 Å². The average Bonchev–Trinajstić information content (AvgIpc) is 3.42. The van der Waals surface area contributed by atoms with Crippen LogP contribution < -0.4 is 11.1 Å². The molecule has 1 saturated heterocycles. The van der Waals surface area contributed by atoms with E-state index < -0.39 is 46.7 Å². The van der Waals surface area contributed by atoms with E-state index in [4.69, 9.17) is 15.0 Å². The number of hydrogen-bond donors (Lipinski definition) is 6. The number of carbonyl (C=O) groups is 2. The number of phenolic OH excluding ortho intramolecular Hbond substituents is 1. The van der Waals surface area contributed by atoms with E-state index in [1.54, 1.807) is 6.07 Å². The van der Waals surface area contributed by atoms with Gasteiger partial charge in [-0.05, 0) is 55.2 Å². The summed E-state index contributed by atoms with van der Waals surface area (Å²) in [5.41, 5.74) is 7.20. The number of aliphatic hydroxyl groups excluding tert-OH is 3. The maximum absolute atomic E-state index is 13.5. The summed E-state index contributed by atoms with van der Waals surface area (Å²) in [4.78, 5) is 25.8. The lowest BCUT2D eigenvalue weighted by atomic mass is 9.64. The Balaban J connectivity index is 1.50. The van der Waals surface area contributed by atoms with Gasteiger partial charge in [0.25, 0.3) is 5.91 Å². The molecule has 11 heteroatoms. The fourth-order valence-electron chi connectivity index (χ4n) is 6.69. The molecule has 41 heavy (non-hydrogen) atoms. The van der Waals surface area contributed by atoms with Gasteiger partial charge in [0.1, 0.15) is 28.6 Å². The van der Waals surface area contributed by atoms with Gasteiger partial charge in [-0.2, -0.15) is 0 Å². The number of rotatable bonds is 5. The zero-order chi connectivity index (χ0) is 29.2. The minimum atomic E-state index is -1.10. The molecular weight excluding hydrogens is 530 g/mol. The van der Waals surface area contributed by atoms with E-state index in [1.807, 2.05) is 19.9 Å². The molecule has 4 aliphatic rings. The Hall–Kier alpha value is -4.09. The number of hydrogen-bond acceptors (Lipinski definition) is 10. The van der Waals surface area contributed by atoms with Crippen molar-refractivity contribution in [3.05, 3.63) is 63.3 Å². The van der Waals surface area contributed by atoms with Crippen LogP contribution in [0.1, 0.15) is 55.8 Å². The Kier molecular flexibility index (Phi) is 6.66. The number of amides is 1. The summed E-state index contributed by atoms with van der Waals surface area (Å²) < 4.78 is 11.1. The third-order valence-corrected chi connectivity index (χ3v) is 8.75. The number of aliphatic hydroxyl groups is 3. The highest BCUT2D eigenvalue weighted by atomic mass is 16.5. The summed E-state index contributed by atoms with van der Waals surface area (Å²) in [6.45, 7) is 5.03. The molecule has 0 bridgehead atoms. The van der Waals surface area contributed by atoms with Crippen LogP contribution in [0, 0.1) is 11.8 Å². The van der Waals surface area contributed by atoms with E-state index in [9.17, 15) is 30.0 Å². The molecule has 6 rings (SSSR count). The number of nitrogens with one attached hydrogen (secondary N) is 1. The number of fused-ring (bicyclic) bond motifs is 3. The highest BCUT2D eigenvalue weighted by Crippen LogP contribution is 2.52. The number of primary amides is 1. The predicted molar refractivity (Wildman–Crippen MR) is 147 cm³/mol. The van der Waals surface area contributed by atoms with Crippen LogP contribution in [0.15, 0.2) is 51.0 Å². The smallest absolute Gasteiger partial charge is 0.256 e. The second-order valence-electron chi connectivity index (χ2n) is 11.5. The maximum Gasteiger partial charge on any atom is 0.256 e. The second-order valence-corrected chi connectivity index (χ2v) is 11.5. The number of phenols is 1. The van der Waals surface area contributed by atoms with Crippen molar-refractivity contribution in [2.24, 2.45) is 17.6 Å². The van der Waals surface area contributed by atoms with Crippen molar-refractivity contribution >= 4 is 17.4 Å². The molecule has 0 spiro atoms. The number of ether oxygens (including phenoxy) is 1. The number of nitrogens with two attached hydrogens (primary N) is 1. The molecule has 1 aromatic heterocycles. The van der Waals surface area contributed by atoms with Crippen LogP contribution >= 0.6 is 0 Å². The van der Waals surface area contributed by atoms with E-state index in [0.29, 0.717) is 49.4 Å². The van der Waals surface area contributed by atoms with Crippen molar-refractivity contribution in [2.45, 2.75) is 57.5 Å². The number of aromatic nitrogens is 1. The van der Waals surface area contributed by atoms with E-state index in [0.717, 1.165) is 5.69 Å².